The van der Waals surface area contributed by atoms with Gasteiger partial charge in [-0.15, -0.1) is 11.3 Å². The van der Waals surface area contributed by atoms with Crippen molar-refractivity contribution in [2.45, 2.75) is 18.5 Å². The minimum Gasteiger partial charge on any atom is -0.347 e. The van der Waals surface area contributed by atoms with Gasteiger partial charge in [0.2, 0.25) is 0 Å². The lowest BCUT2D eigenvalue weighted by Crippen LogP contribution is -2.49. The molecule has 0 radical (unpaired) electrons. The van der Waals surface area contributed by atoms with Gasteiger partial charge < -0.3 is 14.8 Å². The molecule has 9 nitrogen and oxygen atoms in total. The molecule has 6 rings (SSSR count). The van der Waals surface area contributed by atoms with Gasteiger partial charge in [-0.3, -0.25) is 14.9 Å². The van der Waals surface area contributed by atoms with E-state index in [4.69, 9.17) is 16.6 Å². The van der Waals surface area contributed by atoms with Crippen molar-refractivity contribution in [3.63, 3.8) is 0 Å². The van der Waals surface area contributed by atoms with Crippen molar-refractivity contribution < 1.29 is 9.18 Å². The van der Waals surface area contributed by atoms with Crippen molar-refractivity contribution in [2.24, 2.45) is 0 Å². The Hall–Kier alpha value is -3.67. The number of likely N-dealkylation sites (tertiary alicyclic amines) is 1. The molecule has 0 saturated carbocycles. The van der Waals surface area contributed by atoms with Crippen molar-refractivity contribution in [2.75, 3.05) is 20.1 Å². The first-order chi connectivity index (χ1) is 18.0. The van der Waals surface area contributed by atoms with Gasteiger partial charge in [-0.1, -0.05) is 23.7 Å². The number of H-pyrrole nitrogens is 1. The summed E-state index contributed by atoms with van der Waals surface area (Å²) in [6, 6.07) is 11.7. The molecule has 1 fully saturated rings. The number of halogens is 2. The molecule has 4 aromatic heterocycles. The number of thiophene rings is 1. The zero-order chi connectivity index (χ0) is 25.5. The highest BCUT2D eigenvalue weighted by molar-refractivity contribution is 7.18. The van der Waals surface area contributed by atoms with Gasteiger partial charge in [-0.05, 0) is 43.8 Å². The molecule has 37 heavy (non-hydrogen) atoms. The zero-order valence-electron chi connectivity index (χ0n) is 19.7. The third kappa shape index (κ3) is 4.61. The van der Waals surface area contributed by atoms with Crippen LogP contribution in [0.2, 0.25) is 4.34 Å². The monoisotopic (exact) mass is 536 g/mol. The third-order valence-electron chi connectivity index (χ3n) is 6.44. The van der Waals surface area contributed by atoms with E-state index in [1.54, 1.807) is 36.5 Å². The summed E-state index contributed by atoms with van der Waals surface area (Å²) >= 11 is 7.28. The van der Waals surface area contributed by atoms with Gasteiger partial charge in [0, 0.05) is 19.1 Å². The number of aromatic nitrogens is 6. The third-order valence-corrected chi connectivity index (χ3v) is 7.67. The van der Waals surface area contributed by atoms with E-state index < -0.39 is 0 Å². The Labute approximate surface area is 220 Å². The average molecular weight is 537 g/mol. The van der Waals surface area contributed by atoms with E-state index >= 15 is 0 Å². The summed E-state index contributed by atoms with van der Waals surface area (Å²) in [5.74, 6) is 0.460. The van der Waals surface area contributed by atoms with Crippen LogP contribution in [0.15, 0.2) is 55.0 Å². The van der Waals surface area contributed by atoms with Crippen LogP contribution < -0.4 is 5.32 Å². The van der Waals surface area contributed by atoms with Gasteiger partial charge >= 0.3 is 0 Å². The maximum atomic E-state index is 15.0. The van der Waals surface area contributed by atoms with Crippen LogP contribution >= 0.6 is 22.9 Å². The smallest absolute Gasteiger partial charge is 0.261 e. The largest absolute Gasteiger partial charge is 0.347 e. The molecule has 2 N–H and O–H groups in total. The van der Waals surface area contributed by atoms with Crippen molar-refractivity contribution >= 4 is 39.9 Å². The highest BCUT2D eigenvalue weighted by Crippen LogP contribution is 2.34. The van der Waals surface area contributed by atoms with E-state index in [1.165, 1.54) is 23.7 Å². The second kappa shape index (κ2) is 9.66. The van der Waals surface area contributed by atoms with Gasteiger partial charge in [-0.2, -0.15) is 5.10 Å². The summed E-state index contributed by atoms with van der Waals surface area (Å²) in [6.45, 7) is 1.38. The molecule has 1 saturated heterocycles. The number of carbonyl (C=O) groups excluding carboxylic acids is 1. The molecular formula is C25H22ClFN8OS. The highest BCUT2D eigenvalue weighted by Gasteiger charge is 2.31. The highest BCUT2D eigenvalue weighted by atomic mass is 35.5. The first kappa shape index (κ1) is 23.7. The lowest BCUT2D eigenvalue weighted by Gasteiger charge is -2.37. The molecular weight excluding hydrogens is 515 g/mol. The molecule has 1 aliphatic rings. The normalized spacial score (nSPS) is 18.4. The zero-order valence-corrected chi connectivity index (χ0v) is 21.3. The summed E-state index contributed by atoms with van der Waals surface area (Å²) in [5, 5.41) is 10.0. The second-order valence-electron chi connectivity index (χ2n) is 9.05. The van der Waals surface area contributed by atoms with Crippen LogP contribution in [0.5, 0.6) is 0 Å². The number of nitrogens with one attached hydrogen (secondary N) is 2. The molecule has 0 unspecified atom stereocenters. The van der Waals surface area contributed by atoms with Crippen LogP contribution in [0, 0.1) is 5.82 Å². The number of hydrogen-bond acceptors (Lipinski definition) is 7. The number of nitrogens with zero attached hydrogens (tertiary/aromatic N) is 6. The number of rotatable bonds is 5. The molecule has 5 heterocycles. The van der Waals surface area contributed by atoms with Crippen LogP contribution in [0.25, 0.3) is 33.9 Å². The van der Waals surface area contributed by atoms with Crippen LogP contribution in [0.3, 0.4) is 0 Å². The van der Waals surface area contributed by atoms with E-state index in [0.29, 0.717) is 57.1 Å². The minimum absolute atomic E-state index is 0.0991. The molecule has 5 aromatic rings. The summed E-state index contributed by atoms with van der Waals surface area (Å²) in [6.07, 6.45) is 3.79. The molecule has 12 heteroatoms. The molecule has 1 aliphatic heterocycles. The number of pyridine rings is 1. The van der Waals surface area contributed by atoms with Crippen LogP contribution in [-0.2, 0) is 0 Å². The van der Waals surface area contributed by atoms with Crippen LogP contribution in [0.1, 0.15) is 22.1 Å². The molecule has 0 aliphatic carbocycles. The fourth-order valence-corrected chi connectivity index (χ4v) is 5.87. The summed E-state index contributed by atoms with van der Waals surface area (Å²) in [4.78, 5) is 29.1. The Morgan fingerprint density at radius 1 is 1.22 bits per heavy atom. The Balaban J connectivity index is 1.42. The number of benzene rings is 1. The lowest BCUT2D eigenvalue weighted by molar-refractivity contribution is 0.0898. The van der Waals surface area contributed by atoms with Gasteiger partial charge in [0.25, 0.3) is 5.91 Å². The average Bonchev–Trinajstić information content (AvgIpc) is 3.63. The van der Waals surface area contributed by atoms with Gasteiger partial charge in [-0.25, -0.2) is 14.4 Å². The number of fused-ring (bicyclic) bond motifs is 1. The van der Waals surface area contributed by atoms with Crippen LogP contribution in [-0.4, -0.2) is 66.7 Å². The summed E-state index contributed by atoms with van der Waals surface area (Å²) < 4.78 is 17.6. The molecule has 1 aromatic carbocycles. The predicted octanol–water partition coefficient (Wildman–Crippen LogP) is 4.41. The molecule has 188 valence electrons. The number of likely N-dealkylation sites (N-methyl/N-ethyl adjacent to an activating group) is 1. The van der Waals surface area contributed by atoms with E-state index in [-0.39, 0.29) is 23.8 Å². The summed E-state index contributed by atoms with van der Waals surface area (Å²) in [7, 11) is 2.01. The number of aromatic amines is 1. The number of imidazole rings is 1. The van der Waals surface area contributed by atoms with E-state index in [9.17, 15) is 9.18 Å². The molecule has 1 amide bonds. The second-order valence-corrected chi connectivity index (χ2v) is 10.8. The molecule has 2 atom stereocenters. The topological polar surface area (TPSA) is 105 Å². The summed E-state index contributed by atoms with van der Waals surface area (Å²) in [5.41, 5.74) is 2.42. The quantitative estimate of drug-likeness (QED) is 0.345. The SMILES string of the molecule is CN1C[C@H](NC(=O)c2ccc(Cl)s2)C[C@H](n2c(-c3ccccc3F)nc3cnc(-c4nc[nH]n4)cc32)C1. The van der Waals surface area contributed by atoms with Gasteiger partial charge in [0.05, 0.1) is 32.5 Å². The molecule has 0 bridgehead atoms. The first-order valence-corrected chi connectivity index (χ1v) is 12.9. The Bertz CT molecular complexity index is 1580. The van der Waals surface area contributed by atoms with Crippen molar-refractivity contribution in [1.82, 2.24) is 39.9 Å². The molecule has 0 spiro atoms. The van der Waals surface area contributed by atoms with Gasteiger partial charge in [0.1, 0.15) is 29.2 Å². The van der Waals surface area contributed by atoms with E-state index in [1.807, 2.05) is 13.1 Å². The Morgan fingerprint density at radius 2 is 2.08 bits per heavy atom. The maximum Gasteiger partial charge on any atom is 0.261 e. The van der Waals surface area contributed by atoms with E-state index in [2.05, 4.69) is 34.9 Å². The fourth-order valence-electron chi connectivity index (χ4n) is 4.93. The minimum atomic E-state index is -0.357. The number of piperidine rings is 1. The van der Waals surface area contributed by atoms with Crippen molar-refractivity contribution in [3.05, 3.63) is 70.0 Å². The maximum absolute atomic E-state index is 15.0. The standard InChI is InChI=1S/C25H22ClFN8OS/c1-34-11-14(31-25(36)21-6-7-22(26)37-21)8-15(12-34)35-20-9-18(23-29-13-30-33-23)28-10-19(20)32-24(35)16-4-2-3-5-17(16)27/h2-7,9-10,13-15H,8,11-12H2,1H3,(H,31,36)(H,29,30,33)/t14-,15+/m1/s1. The Kier molecular flexibility index (Phi) is 6.19. The van der Waals surface area contributed by atoms with Crippen molar-refractivity contribution in [1.29, 1.82) is 0 Å². The number of carbonyl (C=O) groups is 1. The Morgan fingerprint density at radius 3 is 2.84 bits per heavy atom. The lowest BCUT2D eigenvalue weighted by atomic mass is 10.00. The van der Waals surface area contributed by atoms with Crippen LogP contribution in [0.4, 0.5) is 4.39 Å². The van der Waals surface area contributed by atoms with Gasteiger partial charge in [0.15, 0.2) is 5.82 Å². The predicted molar refractivity (Wildman–Crippen MR) is 140 cm³/mol. The number of amides is 1. The fraction of sp³-hybridized carbons (Fsp3) is 0.240. The van der Waals surface area contributed by atoms with E-state index in [0.717, 1.165) is 5.52 Å². The van der Waals surface area contributed by atoms with Crippen molar-refractivity contribution in [3.8, 4) is 22.9 Å². The number of hydrogen-bond donors (Lipinski definition) is 2. The first-order valence-electron chi connectivity index (χ1n) is 11.7.